The normalized spacial score (nSPS) is 28.3. The molecule has 6 nitrogen and oxygen atoms in total. The molecule has 7 heteroatoms. The molecule has 3 atom stereocenters. The van der Waals surface area contributed by atoms with Crippen LogP contribution in [0.1, 0.15) is 45.6 Å². The molecule has 1 aromatic heterocycles. The first kappa shape index (κ1) is 19.0. The molecule has 28 heavy (non-hydrogen) atoms. The molecule has 148 valence electrons. The van der Waals surface area contributed by atoms with Crippen LogP contribution in [0.3, 0.4) is 0 Å². The van der Waals surface area contributed by atoms with E-state index < -0.39 is 17.1 Å². The largest absolute Gasteiger partial charge is 0.493 e. The number of aliphatic imine (C=N–C) groups is 1. The predicted molar refractivity (Wildman–Crippen MR) is 110 cm³/mol. The molecule has 2 aromatic rings. The van der Waals surface area contributed by atoms with E-state index in [1.54, 1.807) is 24.3 Å². The second-order valence-electron chi connectivity index (χ2n) is 8.71. The summed E-state index contributed by atoms with van der Waals surface area (Å²) in [6.45, 7) is 6.86. The maximum absolute atomic E-state index is 12.3. The first-order valence-electron chi connectivity index (χ1n) is 9.52. The van der Waals surface area contributed by atoms with E-state index in [9.17, 15) is 14.7 Å². The van der Waals surface area contributed by atoms with E-state index in [1.165, 1.54) is 12.6 Å². The molecular weight excluding hydrogens is 378 g/mol. The molecule has 0 radical (unpaired) electrons. The van der Waals surface area contributed by atoms with Crippen molar-refractivity contribution in [3.05, 3.63) is 55.7 Å². The van der Waals surface area contributed by atoms with Crippen LogP contribution in [-0.2, 0) is 0 Å². The van der Waals surface area contributed by atoms with Crippen molar-refractivity contribution in [2.75, 3.05) is 0 Å². The van der Waals surface area contributed by atoms with Crippen molar-refractivity contribution in [1.82, 2.24) is 9.55 Å². The van der Waals surface area contributed by atoms with Crippen molar-refractivity contribution in [1.29, 1.82) is 0 Å². The van der Waals surface area contributed by atoms with E-state index >= 15 is 0 Å². The SMILES string of the molecule is CC1(C)[C@@H]2CC[C@@]1(C)[C@@H](N=Cc1c(O)n(-c3ccc(Cl)cc3)c(=O)[nH]c1=O)C2. The number of fused-ring (bicyclic) bond motifs is 2. The third kappa shape index (κ3) is 2.65. The first-order chi connectivity index (χ1) is 13.1. The fraction of sp³-hybridized carbons (Fsp3) is 0.476. The molecule has 0 saturated heterocycles. The van der Waals surface area contributed by atoms with Gasteiger partial charge in [0.25, 0.3) is 5.56 Å². The van der Waals surface area contributed by atoms with Crippen LogP contribution in [0.4, 0.5) is 0 Å². The number of aromatic hydroxyl groups is 1. The quantitative estimate of drug-likeness (QED) is 0.771. The number of hydrogen-bond donors (Lipinski definition) is 2. The summed E-state index contributed by atoms with van der Waals surface area (Å²) >= 11 is 5.90. The summed E-state index contributed by atoms with van der Waals surface area (Å²) in [6.07, 6.45) is 4.73. The van der Waals surface area contributed by atoms with E-state index in [1.807, 2.05) is 0 Å². The molecule has 2 fully saturated rings. The highest BCUT2D eigenvalue weighted by molar-refractivity contribution is 6.30. The Morgan fingerprint density at radius 1 is 1.25 bits per heavy atom. The lowest BCUT2D eigenvalue weighted by atomic mass is 9.69. The molecule has 2 bridgehead atoms. The first-order valence-corrected chi connectivity index (χ1v) is 9.90. The maximum Gasteiger partial charge on any atom is 0.335 e. The molecule has 0 spiro atoms. The molecule has 0 unspecified atom stereocenters. The second-order valence-corrected chi connectivity index (χ2v) is 9.15. The molecule has 2 aliphatic rings. The number of aromatic nitrogens is 2. The number of benzene rings is 1. The maximum atomic E-state index is 12.3. The van der Waals surface area contributed by atoms with Crippen LogP contribution >= 0.6 is 11.6 Å². The van der Waals surface area contributed by atoms with Crippen LogP contribution in [-0.4, -0.2) is 26.9 Å². The van der Waals surface area contributed by atoms with Crippen molar-refractivity contribution < 1.29 is 5.11 Å². The van der Waals surface area contributed by atoms with Gasteiger partial charge in [-0.25, -0.2) is 9.36 Å². The number of nitrogens with zero attached hydrogens (tertiary/aromatic N) is 2. The summed E-state index contributed by atoms with van der Waals surface area (Å²) in [5.41, 5.74) is -0.698. The molecular formula is C21H24ClN3O3. The monoisotopic (exact) mass is 401 g/mol. The van der Waals surface area contributed by atoms with Crippen LogP contribution < -0.4 is 11.2 Å². The lowest BCUT2D eigenvalue weighted by Gasteiger charge is -2.37. The molecule has 2 saturated carbocycles. The Labute approximate surface area is 167 Å². The van der Waals surface area contributed by atoms with E-state index in [0.29, 0.717) is 16.6 Å². The summed E-state index contributed by atoms with van der Waals surface area (Å²) < 4.78 is 1.05. The average molecular weight is 402 g/mol. The van der Waals surface area contributed by atoms with Crippen molar-refractivity contribution >= 4 is 17.8 Å². The van der Waals surface area contributed by atoms with Gasteiger partial charge in [0, 0.05) is 11.2 Å². The van der Waals surface area contributed by atoms with Crippen LogP contribution in [0, 0.1) is 16.7 Å². The minimum Gasteiger partial charge on any atom is -0.493 e. The second kappa shape index (κ2) is 6.34. The molecule has 0 aliphatic heterocycles. The highest BCUT2D eigenvalue weighted by Gasteiger charge is 2.61. The zero-order valence-corrected chi connectivity index (χ0v) is 17.0. The predicted octanol–water partition coefficient (Wildman–Crippen LogP) is 3.52. The smallest absolute Gasteiger partial charge is 0.335 e. The molecule has 2 N–H and O–H groups in total. The number of hydrogen-bond acceptors (Lipinski definition) is 4. The van der Waals surface area contributed by atoms with Crippen LogP contribution in [0.2, 0.25) is 5.02 Å². The molecule has 0 amide bonds. The Balaban J connectivity index is 1.74. The molecule has 1 aromatic carbocycles. The Hall–Kier alpha value is -2.34. The zero-order valence-electron chi connectivity index (χ0n) is 16.2. The fourth-order valence-electron chi connectivity index (χ4n) is 5.04. The summed E-state index contributed by atoms with van der Waals surface area (Å²) in [4.78, 5) is 31.6. The van der Waals surface area contributed by atoms with Crippen LogP contribution in [0.15, 0.2) is 38.8 Å². The highest BCUT2D eigenvalue weighted by Crippen LogP contribution is 2.66. The van der Waals surface area contributed by atoms with E-state index in [4.69, 9.17) is 16.6 Å². The molecule has 4 rings (SSSR count). The number of halogens is 1. The number of H-pyrrole nitrogens is 1. The third-order valence-corrected chi connectivity index (χ3v) is 7.59. The van der Waals surface area contributed by atoms with E-state index in [2.05, 4.69) is 25.8 Å². The van der Waals surface area contributed by atoms with Gasteiger partial charge >= 0.3 is 5.69 Å². The fourth-order valence-corrected chi connectivity index (χ4v) is 5.16. The van der Waals surface area contributed by atoms with Gasteiger partial charge in [-0.05, 0) is 60.3 Å². The van der Waals surface area contributed by atoms with Gasteiger partial charge in [0.05, 0.1) is 11.7 Å². The topological polar surface area (TPSA) is 87.4 Å². The Bertz CT molecular complexity index is 1070. The lowest BCUT2D eigenvalue weighted by molar-refractivity contribution is 0.137. The van der Waals surface area contributed by atoms with Gasteiger partial charge in [-0.2, -0.15) is 0 Å². The number of rotatable bonds is 3. The van der Waals surface area contributed by atoms with Crippen LogP contribution in [0.25, 0.3) is 5.69 Å². The van der Waals surface area contributed by atoms with Gasteiger partial charge in [-0.15, -0.1) is 0 Å². The highest BCUT2D eigenvalue weighted by atomic mass is 35.5. The summed E-state index contributed by atoms with van der Waals surface area (Å²) in [7, 11) is 0. The minimum atomic E-state index is -0.713. The summed E-state index contributed by atoms with van der Waals surface area (Å²) in [5, 5.41) is 11.2. The number of aromatic amines is 1. The average Bonchev–Trinajstić information content (AvgIpc) is 2.96. The van der Waals surface area contributed by atoms with E-state index in [-0.39, 0.29) is 22.4 Å². The molecule has 1 heterocycles. The Kier molecular flexibility index (Phi) is 4.30. The van der Waals surface area contributed by atoms with Crippen molar-refractivity contribution in [2.45, 2.75) is 46.1 Å². The van der Waals surface area contributed by atoms with Gasteiger partial charge in [0.15, 0.2) is 0 Å². The summed E-state index contributed by atoms with van der Waals surface area (Å²) in [6, 6.07) is 6.51. The van der Waals surface area contributed by atoms with Gasteiger partial charge < -0.3 is 5.11 Å². The Morgan fingerprint density at radius 3 is 2.50 bits per heavy atom. The summed E-state index contributed by atoms with van der Waals surface area (Å²) in [5.74, 6) is 0.196. The van der Waals surface area contributed by atoms with Crippen molar-refractivity contribution in [2.24, 2.45) is 21.7 Å². The Morgan fingerprint density at radius 2 is 1.93 bits per heavy atom. The lowest BCUT2D eigenvalue weighted by Crippen LogP contribution is -2.35. The molecule has 2 aliphatic carbocycles. The zero-order chi connectivity index (χ0) is 20.3. The van der Waals surface area contributed by atoms with Gasteiger partial charge in [-0.1, -0.05) is 32.4 Å². The van der Waals surface area contributed by atoms with Gasteiger partial charge in [0.1, 0.15) is 5.56 Å². The van der Waals surface area contributed by atoms with E-state index in [0.717, 1.165) is 17.4 Å². The standard InChI is InChI=1S/C21H24ClN3O3/c1-20(2)12-8-9-21(20,3)16(10-12)23-11-15-17(26)24-19(28)25(18(15)27)14-6-4-13(22)5-7-14/h4-7,11-12,16,27H,8-10H2,1-3H3,(H,24,26,28)/t12-,16+,21+/m1/s1. The third-order valence-electron chi connectivity index (χ3n) is 7.34. The van der Waals surface area contributed by atoms with Gasteiger partial charge in [-0.3, -0.25) is 14.8 Å². The minimum absolute atomic E-state index is 0.0151. The number of nitrogens with one attached hydrogen (secondary N) is 1. The van der Waals surface area contributed by atoms with Crippen molar-refractivity contribution in [3.8, 4) is 11.6 Å². The van der Waals surface area contributed by atoms with Gasteiger partial charge in [0.2, 0.25) is 5.88 Å². The van der Waals surface area contributed by atoms with Crippen LogP contribution in [0.5, 0.6) is 5.88 Å². The van der Waals surface area contributed by atoms with Crippen molar-refractivity contribution in [3.63, 3.8) is 0 Å².